The van der Waals surface area contributed by atoms with Crippen LogP contribution in [0.5, 0.6) is 0 Å². The molecule has 0 amide bonds. The molecule has 2 aromatic rings. The zero-order chi connectivity index (χ0) is 19.5. The number of thioether (sulfide) groups is 1. The van der Waals surface area contributed by atoms with Gasteiger partial charge in [-0.1, -0.05) is 23.7 Å². The van der Waals surface area contributed by atoms with Gasteiger partial charge in [0, 0.05) is 34.8 Å². The summed E-state index contributed by atoms with van der Waals surface area (Å²) in [5, 5.41) is 1.60. The molecule has 5 heteroatoms. The molecule has 1 saturated carbocycles. The van der Waals surface area contributed by atoms with E-state index in [1.54, 1.807) is 0 Å². The molecule has 4 rings (SSSR count). The number of hydrogen-bond donors (Lipinski definition) is 0. The number of oxazole rings is 1. The lowest BCUT2D eigenvalue weighted by molar-refractivity contribution is 0.0700. The van der Waals surface area contributed by atoms with E-state index in [1.807, 2.05) is 37.0 Å². The van der Waals surface area contributed by atoms with Crippen LogP contribution < -0.4 is 0 Å². The molecule has 0 spiro atoms. The maximum Gasteiger partial charge on any atom is 0.197 e. The highest BCUT2D eigenvalue weighted by molar-refractivity contribution is 7.99. The van der Waals surface area contributed by atoms with Gasteiger partial charge in [-0.15, -0.1) is 0 Å². The minimum absolute atomic E-state index is 0.501. The summed E-state index contributed by atoms with van der Waals surface area (Å²) in [4.78, 5) is 7.33. The second-order valence-corrected chi connectivity index (χ2v) is 10.0. The average Bonchev–Trinajstić information content (AvgIpc) is 3.16. The zero-order valence-corrected chi connectivity index (χ0v) is 18.5. The van der Waals surface area contributed by atoms with Crippen molar-refractivity contribution in [3.63, 3.8) is 0 Å². The lowest BCUT2D eigenvalue weighted by Crippen LogP contribution is -2.51. The maximum atomic E-state index is 6.08. The van der Waals surface area contributed by atoms with E-state index < -0.39 is 0 Å². The van der Waals surface area contributed by atoms with E-state index >= 15 is 0 Å². The molecule has 1 aromatic carbocycles. The van der Waals surface area contributed by atoms with Crippen LogP contribution in [0.2, 0.25) is 5.02 Å². The van der Waals surface area contributed by atoms with Gasteiger partial charge in [0.1, 0.15) is 5.76 Å². The van der Waals surface area contributed by atoms with E-state index in [0.717, 1.165) is 28.3 Å². The van der Waals surface area contributed by atoms with Crippen LogP contribution in [0.3, 0.4) is 0 Å². The molecule has 1 aliphatic heterocycles. The predicted molar refractivity (Wildman–Crippen MR) is 118 cm³/mol. The van der Waals surface area contributed by atoms with Crippen LogP contribution in [0.25, 0.3) is 0 Å². The Morgan fingerprint density at radius 2 is 1.86 bits per heavy atom. The number of likely N-dealkylation sites (tertiary alicyclic amines) is 1. The van der Waals surface area contributed by atoms with Crippen LogP contribution in [0, 0.1) is 6.92 Å². The molecule has 1 aliphatic carbocycles. The molecule has 2 fully saturated rings. The van der Waals surface area contributed by atoms with E-state index in [1.165, 1.54) is 50.6 Å². The largest absolute Gasteiger partial charge is 0.446 e. The van der Waals surface area contributed by atoms with Crippen molar-refractivity contribution in [1.29, 1.82) is 0 Å². The van der Waals surface area contributed by atoms with Crippen molar-refractivity contribution in [2.45, 2.75) is 75.1 Å². The quantitative estimate of drug-likeness (QED) is 0.586. The molecule has 28 heavy (non-hydrogen) atoms. The number of piperidine rings is 1. The van der Waals surface area contributed by atoms with Crippen LogP contribution in [-0.2, 0) is 6.42 Å². The molecular weight excluding hydrogens is 388 g/mol. The van der Waals surface area contributed by atoms with Crippen molar-refractivity contribution in [2.24, 2.45) is 0 Å². The Bertz CT molecular complexity index is 754. The third kappa shape index (κ3) is 4.77. The molecule has 0 radical (unpaired) electrons. The Morgan fingerprint density at radius 1 is 1.11 bits per heavy atom. The van der Waals surface area contributed by atoms with Gasteiger partial charge >= 0.3 is 0 Å². The van der Waals surface area contributed by atoms with Gasteiger partial charge < -0.3 is 4.42 Å². The smallest absolute Gasteiger partial charge is 0.197 e. The van der Waals surface area contributed by atoms with E-state index in [9.17, 15) is 0 Å². The lowest BCUT2D eigenvalue weighted by Gasteiger charge is -2.46. The Morgan fingerprint density at radius 3 is 2.50 bits per heavy atom. The summed E-state index contributed by atoms with van der Waals surface area (Å²) in [6.45, 7) is 3.21. The Hall–Kier alpha value is -0.970. The van der Waals surface area contributed by atoms with Gasteiger partial charge in [-0.25, -0.2) is 4.98 Å². The summed E-state index contributed by atoms with van der Waals surface area (Å²) in [7, 11) is 0. The van der Waals surface area contributed by atoms with E-state index in [2.05, 4.69) is 28.3 Å². The third-order valence-corrected chi connectivity index (χ3v) is 7.88. The predicted octanol–water partition coefficient (Wildman–Crippen LogP) is 6.10. The van der Waals surface area contributed by atoms with Gasteiger partial charge in [-0.3, -0.25) is 4.90 Å². The minimum Gasteiger partial charge on any atom is -0.446 e. The van der Waals surface area contributed by atoms with Crippen molar-refractivity contribution in [3.8, 4) is 0 Å². The monoisotopic (exact) mass is 418 g/mol. The van der Waals surface area contributed by atoms with E-state index in [4.69, 9.17) is 16.0 Å². The van der Waals surface area contributed by atoms with Crippen molar-refractivity contribution >= 4 is 23.4 Å². The van der Waals surface area contributed by atoms with Crippen molar-refractivity contribution in [3.05, 3.63) is 52.7 Å². The first-order valence-electron chi connectivity index (χ1n) is 10.6. The highest BCUT2D eigenvalue weighted by Crippen LogP contribution is 2.38. The summed E-state index contributed by atoms with van der Waals surface area (Å²) in [6, 6.07) is 9.79. The number of aromatic nitrogens is 1. The molecule has 2 heterocycles. The second-order valence-electron chi connectivity index (χ2n) is 8.43. The minimum atomic E-state index is 0.501. The molecule has 3 nitrogen and oxygen atoms in total. The van der Waals surface area contributed by atoms with Crippen LogP contribution in [0.1, 0.15) is 61.7 Å². The van der Waals surface area contributed by atoms with Gasteiger partial charge in [-0.2, -0.15) is 11.8 Å². The first-order valence-corrected chi connectivity index (χ1v) is 12.2. The molecule has 2 aliphatic rings. The number of hydrogen-bond acceptors (Lipinski definition) is 4. The first-order chi connectivity index (χ1) is 13.6. The Balaban J connectivity index is 1.42. The molecule has 2 atom stereocenters. The highest BCUT2D eigenvalue weighted by Gasteiger charge is 2.35. The second kappa shape index (κ2) is 9.23. The van der Waals surface area contributed by atoms with Crippen LogP contribution in [0.15, 0.2) is 34.9 Å². The molecule has 152 valence electrons. The Kier molecular flexibility index (Phi) is 6.70. The summed E-state index contributed by atoms with van der Waals surface area (Å²) in [5.74, 6) is 2.38. The molecule has 0 bridgehead atoms. The molecule has 0 N–H and O–H groups in total. The number of aryl methyl sites for hydroxylation is 1. The fourth-order valence-electron chi connectivity index (χ4n) is 4.99. The zero-order valence-electron chi connectivity index (χ0n) is 16.9. The summed E-state index contributed by atoms with van der Waals surface area (Å²) < 4.78 is 5.81. The third-order valence-electron chi connectivity index (χ3n) is 6.58. The van der Waals surface area contributed by atoms with Gasteiger partial charge in [0.25, 0.3) is 0 Å². The topological polar surface area (TPSA) is 29.3 Å². The fourth-order valence-corrected chi connectivity index (χ4v) is 5.81. The summed E-state index contributed by atoms with van der Waals surface area (Å²) in [5.41, 5.74) is 1.41. The van der Waals surface area contributed by atoms with Gasteiger partial charge in [0.2, 0.25) is 0 Å². The van der Waals surface area contributed by atoms with Crippen molar-refractivity contribution in [2.75, 3.05) is 12.8 Å². The number of nitrogens with zero attached hydrogens (tertiary/aromatic N) is 2. The summed E-state index contributed by atoms with van der Waals surface area (Å²) >= 11 is 8.12. The molecular formula is C23H31ClN2OS. The van der Waals surface area contributed by atoms with Gasteiger partial charge in [0.15, 0.2) is 5.89 Å². The normalized spacial score (nSPS) is 29.1. The van der Waals surface area contributed by atoms with Crippen LogP contribution in [-0.4, -0.2) is 40.0 Å². The van der Waals surface area contributed by atoms with Gasteiger partial charge in [-0.05, 0) is 75.8 Å². The SMILES string of the molecule is CSC1CCC(Cc2ccc(Cl)cc2)N(C2CCC(c3ncc(C)o3)CC2)C1. The Labute approximate surface area is 178 Å². The molecule has 1 saturated heterocycles. The van der Waals surface area contributed by atoms with E-state index in [-0.39, 0.29) is 0 Å². The maximum absolute atomic E-state index is 6.08. The molecule has 1 aromatic heterocycles. The standard InChI is InChI=1S/C23H31ClN2OS/c1-16-14-25-23(27-16)18-5-9-20(10-6-18)26-15-22(28-2)12-11-21(26)13-17-3-7-19(24)8-4-17/h3-4,7-8,14,18,20-22H,5-6,9-13,15H2,1-2H3. The molecule has 2 unspecified atom stereocenters. The summed E-state index contributed by atoms with van der Waals surface area (Å²) in [6.07, 6.45) is 12.8. The number of rotatable bonds is 5. The number of benzene rings is 1. The van der Waals surface area contributed by atoms with Crippen LogP contribution in [0.4, 0.5) is 0 Å². The lowest BCUT2D eigenvalue weighted by atomic mass is 9.83. The van der Waals surface area contributed by atoms with E-state index in [0.29, 0.717) is 18.0 Å². The average molecular weight is 419 g/mol. The first kappa shape index (κ1) is 20.3. The van der Waals surface area contributed by atoms with Gasteiger partial charge in [0.05, 0.1) is 6.20 Å². The van der Waals surface area contributed by atoms with Crippen molar-refractivity contribution in [1.82, 2.24) is 9.88 Å². The van der Waals surface area contributed by atoms with Crippen LogP contribution >= 0.6 is 23.4 Å². The van der Waals surface area contributed by atoms with Crippen molar-refractivity contribution < 1.29 is 4.42 Å². The highest BCUT2D eigenvalue weighted by atomic mass is 35.5. The number of halogens is 1. The fraction of sp³-hybridized carbons (Fsp3) is 0.609.